The fourth-order valence-corrected chi connectivity index (χ4v) is 2.27. The van der Waals surface area contributed by atoms with Gasteiger partial charge in [-0.1, -0.05) is 42.0 Å². The van der Waals surface area contributed by atoms with Crippen LogP contribution in [-0.4, -0.2) is 7.11 Å². The van der Waals surface area contributed by atoms with Gasteiger partial charge in [0.15, 0.2) is 0 Å². The largest absolute Gasteiger partial charge is 0.497 e. The Balaban J connectivity index is 2.20. The number of benzene rings is 2. The van der Waals surface area contributed by atoms with Crippen molar-refractivity contribution in [2.24, 2.45) is 5.73 Å². The maximum atomic E-state index is 6.48. The fraction of sp³-hybridized carbons (Fsp3) is 0.294. The first-order chi connectivity index (χ1) is 9.01. The third-order valence-electron chi connectivity index (χ3n) is 3.41. The average Bonchev–Trinajstić information content (AvgIpc) is 2.39. The molecule has 0 fully saturated rings. The number of nitrogens with two attached hydrogens (primary N) is 1. The van der Waals surface area contributed by atoms with Crippen molar-refractivity contribution < 1.29 is 4.74 Å². The molecule has 0 amide bonds. The number of hydrogen-bond acceptors (Lipinski definition) is 2. The summed E-state index contributed by atoms with van der Waals surface area (Å²) in [6, 6.07) is 16.5. The van der Waals surface area contributed by atoms with Gasteiger partial charge in [-0.3, -0.25) is 0 Å². The van der Waals surface area contributed by atoms with E-state index in [1.54, 1.807) is 7.11 Å². The minimum absolute atomic E-state index is 0.361. The quantitative estimate of drug-likeness (QED) is 0.908. The van der Waals surface area contributed by atoms with Crippen LogP contribution < -0.4 is 10.5 Å². The minimum Gasteiger partial charge on any atom is -0.497 e. The Morgan fingerprint density at radius 1 is 1.11 bits per heavy atom. The molecule has 0 saturated carbocycles. The molecule has 1 unspecified atom stereocenters. The molecule has 2 heteroatoms. The van der Waals surface area contributed by atoms with Gasteiger partial charge in [0.2, 0.25) is 0 Å². The third-order valence-corrected chi connectivity index (χ3v) is 3.41. The summed E-state index contributed by atoms with van der Waals surface area (Å²) in [5.41, 5.74) is 9.74. The van der Waals surface area contributed by atoms with E-state index in [1.807, 2.05) is 12.1 Å². The highest BCUT2D eigenvalue weighted by molar-refractivity contribution is 5.33. The molecule has 2 N–H and O–H groups in total. The first-order valence-electron chi connectivity index (χ1n) is 6.50. The Bertz CT molecular complexity index is 543. The van der Waals surface area contributed by atoms with E-state index < -0.39 is 0 Å². The van der Waals surface area contributed by atoms with Gasteiger partial charge in [0, 0.05) is 5.54 Å². The van der Waals surface area contributed by atoms with Gasteiger partial charge in [-0.05, 0) is 43.5 Å². The van der Waals surface area contributed by atoms with Crippen molar-refractivity contribution in [2.45, 2.75) is 25.8 Å². The fourth-order valence-electron chi connectivity index (χ4n) is 2.27. The normalized spacial score (nSPS) is 13.9. The van der Waals surface area contributed by atoms with Crippen molar-refractivity contribution in [1.82, 2.24) is 0 Å². The van der Waals surface area contributed by atoms with Gasteiger partial charge in [0.25, 0.3) is 0 Å². The predicted octanol–water partition coefficient (Wildman–Crippen LogP) is 3.42. The van der Waals surface area contributed by atoms with Gasteiger partial charge in [0.1, 0.15) is 5.75 Å². The van der Waals surface area contributed by atoms with Crippen LogP contribution in [0.3, 0.4) is 0 Å². The Morgan fingerprint density at radius 2 is 1.79 bits per heavy atom. The summed E-state index contributed by atoms with van der Waals surface area (Å²) in [6.45, 7) is 4.17. The molecule has 1 atom stereocenters. The van der Waals surface area contributed by atoms with Crippen molar-refractivity contribution in [2.75, 3.05) is 7.11 Å². The maximum Gasteiger partial charge on any atom is 0.118 e. The molecule has 19 heavy (non-hydrogen) atoms. The molecule has 0 heterocycles. The van der Waals surface area contributed by atoms with Crippen molar-refractivity contribution in [1.29, 1.82) is 0 Å². The first-order valence-corrected chi connectivity index (χ1v) is 6.50. The van der Waals surface area contributed by atoms with E-state index in [0.717, 1.165) is 12.2 Å². The maximum absolute atomic E-state index is 6.48. The molecule has 0 aromatic heterocycles. The lowest BCUT2D eigenvalue weighted by atomic mass is 9.86. The smallest absolute Gasteiger partial charge is 0.118 e. The van der Waals surface area contributed by atoms with Crippen molar-refractivity contribution >= 4 is 0 Å². The third kappa shape index (κ3) is 3.36. The molecular weight excluding hydrogens is 234 g/mol. The van der Waals surface area contributed by atoms with Crippen LogP contribution in [0.2, 0.25) is 0 Å². The van der Waals surface area contributed by atoms with Crippen LogP contribution in [0, 0.1) is 6.92 Å². The summed E-state index contributed by atoms with van der Waals surface area (Å²) in [4.78, 5) is 0. The number of hydrogen-bond donors (Lipinski definition) is 1. The van der Waals surface area contributed by atoms with E-state index in [-0.39, 0.29) is 5.54 Å². The van der Waals surface area contributed by atoms with E-state index >= 15 is 0 Å². The summed E-state index contributed by atoms with van der Waals surface area (Å²) < 4.78 is 5.17. The van der Waals surface area contributed by atoms with Gasteiger partial charge < -0.3 is 10.5 Å². The Hall–Kier alpha value is -1.80. The molecule has 2 aromatic rings. The molecule has 100 valence electrons. The van der Waals surface area contributed by atoms with Crippen LogP contribution in [-0.2, 0) is 12.0 Å². The van der Waals surface area contributed by atoms with Gasteiger partial charge >= 0.3 is 0 Å². The van der Waals surface area contributed by atoms with Crippen LogP contribution >= 0.6 is 0 Å². The molecule has 0 aliphatic heterocycles. The van der Waals surface area contributed by atoms with Crippen LogP contribution in [0.5, 0.6) is 5.75 Å². The lowest BCUT2D eigenvalue weighted by molar-refractivity contribution is 0.414. The first kappa shape index (κ1) is 13.6. The highest BCUT2D eigenvalue weighted by atomic mass is 16.5. The second-order valence-electron chi connectivity index (χ2n) is 5.31. The summed E-state index contributed by atoms with van der Waals surface area (Å²) >= 11 is 0. The second kappa shape index (κ2) is 5.45. The van der Waals surface area contributed by atoms with Crippen LogP contribution in [0.15, 0.2) is 48.5 Å². The molecule has 0 aliphatic carbocycles. The Morgan fingerprint density at radius 3 is 2.37 bits per heavy atom. The zero-order valence-corrected chi connectivity index (χ0v) is 11.8. The van der Waals surface area contributed by atoms with E-state index in [4.69, 9.17) is 10.5 Å². The van der Waals surface area contributed by atoms with Crippen molar-refractivity contribution in [3.63, 3.8) is 0 Å². The molecular formula is C17H21NO. The average molecular weight is 255 g/mol. The second-order valence-corrected chi connectivity index (χ2v) is 5.31. The standard InChI is InChI=1S/C17H21NO/c1-13-5-4-6-15(11-13)17(2,18)12-14-7-9-16(19-3)10-8-14/h4-11H,12,18H2,1-3H3. The zero-order chi connectivity index (χ0) is 13.9. The Labute approximate surface area is 115 Å². The summed E-state index contributed by atoms with van der Waals surface area (Å²) in [6.07, 6.45) is 0.806. The topological polar surface area (TPSA) is 35.2 Å². The Kier molecular flexibility index (Phi) is 3.91. The predicted molar refractivity (Wildman–Crippen MR) is 79.4 cm³/mol. The molecule has 0 aliphatic rings. The molecule has 2 nitrogen and oxygen atoms in total. The summed E-state index contributed by atoms with van der Waals surface area (Å²) in [5.74, 6) is 0.873. The van der Waals surface area contributed by atoms with E-state index in [9.17, 15) is 0 Å². The monoisotopic (exact) mass is 255 g/mol. The van der Waals surface area contributed by atoms with Gasteiger partial charge in [-0.15, -0.1) is 0 Å². The van der Waals surface area contributed by atoms with E-state index in [2.05, 4.69) is 50.2 Å². The zero-order valence-electron chi connectivity index (χ0n) is 11.8. The number of aryl methyl sites for hydroxylation is 1. The minimum atomic E-state index is -0.361. The molecule has 0 bridgehead atoms. The number of rotatable bonds is 4. The number of ether oxygens (including phenoxy) is 1. The van der Waals surface area contributed by atoms with E-state index in [1.165, 1.54) is 16.7 Å². The van der Waals surface area contributed by atoms with Crippen molar-refractivity contribution in [3.8, 4) is 5.75 Å². The van der Waals surface area contributed by atoms with Crippen LogP contribution in [0.4, 0.5) is 0 Å². The highest BCUT2D eigenvalue weighted by Gasteiger charge is 2.21. The molecule has 0 saturated heterocycles. The van der Waals surface area contributed by atoms with Crippen LogP contribution in [0.25, 0.3) is 0 Å². The van der Waals surface area contributed by atoms with Crippen LogP contribution in [0.1, 0.15) is 23.6 Å². The van der Waals surface area contributed by atoms with E-state index in [0.29, 0.717) is 0 Å². The molecule has 0 spiro atoms. The highest BCUT2D eigenvalue weighted by Crippen LogP contribution is 2.24. The van der Waals surface area contributed by atoms with Gasteiger partial charge in [-0.25, -0.2) is 0 Å². The summed E-state index contributed by atoms with van der Waals surface area (Å²) in [7, 11) is 1.68. The number of methoxy groups -OCH3 is 1. The molecule has 2 aromatic carbocycles. The van der Waals surface area contributed by atoms with Crippen molar-refractivity contribution in [3.05, 3.63) is 65.2 Å². The van der Waals surface area contributed by atoms with Gasteiger partial charge in [-0.2, -0.15) is 0 Å². The lowest BCUT2D eigenvalue weighted by Crippen LogP contribution is -2.35. The SMILES string of the molecule is COc1ccc(CC(C)(N)c2cccc(C)c2)cc1. The lowest BCUT2D eigenvalue weighted by Gasteiger charge is -2.26. The molecule has 2 rings (SSSR count). The van der Waals surface area contributed by atoms with Gasteiger partial charge in [0.05, 0.1) is 7.11 Å². The molecule has 0 radical (unpaired) electrons. The summed E-state index contributed by atoms with van der Waals surface area (Å²) in [5, 5.41) is 0.